The summed E-state index contributed by atoms with van der Waals surface area (Å²) in [5, 5.41) is 4.91. The largest absolute Gasteiger partial charge is 0.493 e. The molecule has 0 unspecified atom stereocenters. The molecule has 0 saturated carbocycles. The molecule has 184 valence electrons. The van der Waals surface area contributed by atoms with Crippen molar-refractivity contribution in [2.45, 2.75) is 33.4 Å². The molecule has 2 rings (SSSR count). The summed E-state index contributed by atoms with van der Waals surface area (Å²) in [7, 11) is 0. The third kappa shape index (κ3) is 7.87. The molecular weight excluding hydrogens is 474 g/mol. The number of hydrogen-bond donors (Lipinski definition) is 2. The summed E-state index contributed by atoms with van der Waals surface area (Å²) in [6, 6.07) is 9.27. The zero-order valence-electron chi connectivity index (χ0n) is 18.8. The molecule has 0 radical (unpaired) electrons. The maximum absolute atomic E-state index is 12.7. The number of hydrogen-bond acceptors (Lipinski definition) is 6. The Hall–Kier alpha value is -3.40. The van der Waals surface area contributed by atoms with E-state index in [1.165, 1.54) is 18.2 Å². The molecule has 2 amide bonds. The Morgan fingerprint density at radius 2 is 1.76 bits per heavy atom. The first-order valence-corrected chi connectivity index (χ1v) is 10.7. The highest BCUT2D eigenvalue weighted by molar-refractivity contribution is 6.32. The molecule has 0 saturated heterocycles. The third-order valence-electron chi connectivity index (χ3n) is 4.42. The van der Waals surface area contributed by atoms with E-state index in [4.69, 9.17) is 21.1 Å². The number of halogens is 3. The Balaban J connectivity index is 1.96. The van der Waals surface area contributed by atoms with Gasteiger partial charge in [-0.15, -0.1) is 0 Å². The van der Waals surface area contributed by atoms with Crippen LogP contribution in [-0.2, 0) is 14.3 Å². The van der Waals surface area contributed by atoms with Gasteiger partial charge in [-0.1, -0.05) is 37.6 Å². The van der Waals surface area contributed by atoms with Gasteiger partial charge in [0.25, 0.3) is 11.8 Å². The van der Waals surface area contributed by atoms with Gasteiger partial charge in [0.15, 0.2) is 6.61 Å². The first-order chi connectivity index (χ1) is 16.1. The molecule has 2 aromatic rings. The Labute approximate surface area is 200 Å². The van der Waals surface area contributed by atoms with Crippen LogP contribution in [0.5, 0.6) is 11.5 Å². The van der Waals surface area contributed by atoms with Crippen molar-refractivity contribution in [2.24, 2.45) is 5.92 Å². The second-order valence-corrected chi connectivity index (χ2v) is 7.71. The van der Waals surface area contributed by atoms with E-state index in [0.717, 1.165) is 0 Å². The smallest absolute Gasteiger partial charge is 0.387 e. The Morgan fingerprint density at radius 3 is 2.38 bits per heavy atom. The molecule has 0 aliphatic rings. The van der Waals surface area contributed by atoms with Crippen molar-refractivity contribution in [3.63, 3.8) is 0 Å². The van der Waals surface area contributed by atoms with Gasteiger partial charge in [-0.2, -0.15) is 8.78 Å². The van der Waals surface area contributed by atoms with Gasteiger partial charge in [0.05, 0.1) is 17.2 Å². The van der Waals surface area contributed by atoms with Gasteiger partial charge in [-0.3, -0.25) is 9.59 Å². The summed E-state index contributed by atoms with van der Waals surface area (Å²) in [5.74, 6) is -2.22. The minimum absolute atomic E-state index is 0.134. The highest BCUT2D eigenvalue weighted by Gasteiger charge is 2.27. The number of esters is 1. The van der Waals surface area contributed by atoms with Crippen LogP contribution in [0.3, 0.4) is 0 Å². The normalized spacial score (nSPS) is 11.6. The highest BCUT2D eigenvalue weighted by Crippen LogP contribution is 2.29. The van der Waals surface area contributed by atoms with Crippen LogP contribution in [0.15, 0.2) is 42.5 Å². The monoisotopic (exact) mass is 498 g/mol. The van der Waals surface area contributed by atoms with Gasteiger partial charge in [-0.05, 0) is 43.2 Å². The lowest BCUT2D eigenvalue weighted by atomic mass is 10.0. The number of rotatable bonds is 11. The molecule has 34 heavy (non-hydrogen) atoms. The topological polar surface area (TPSA) is 103 Å². The van der Waals surface area contributed by atoms with Crippen LogP contribution in [0.1, 0.15) is 31.1 Å². The van der Waals surface area contributed by atoms with Crippen molar-refractivity contribution >= 4 is 35.1 Å². The molecular formula is C23H25ClF2N2O6. The summed E-state index contributed by atoms with van der Waals surface area (Å²) in [4.78, 5) is 37.4. The third-order valence-corrected chi connectivity index (χ3v) is 4.71. The van der Waals surface area contributed by atoms with Gasteiger partial charge < -0.3 is 24.8 Å². The van der Waals surface area contributed by atoms with E-state index < -0.39 is 37.0 Å². The van der Waals surface area contributed by atoms with E-state index in [2.05, 4.69) is 15.4 Å². The number of anilines is 1. The molecule has 0 fully saturated rings. The Kier molecular flexibility index (Phi) is 10.1. The number of nitrogens with one attached hydrogen (secondary N) is 2. The maximum Gasteiger partial charge on any atom is 0.387 e. The van der Waals surface area contributed by atoms with Gasteiger partial charge >= 0.3 is 12.6 Å². The molecule has 0 spiro atoms. The minimum atomic E-state index is -3.04. The molecule has 2 aromatic carbocycles. The van der Waals surface area contributed by atoms with Gasteiger partial charge in [0.1, 0.15) is 17.5 Å². The van der Waals surface area contributed by atoms with Crippen LogP contribution in [0, 0.1) is 5.92 Å². The summed E-state index contributed by atoms with van der Waals surface area (Å²) in [6.07, 6.45) is 0. The fourth-order valence-corrected chi connectivity index (χ4v) is 3.07. The SMILES string of the molecule is CCOc1ccccc1C(=O)N[C@H](C(=O)OCC(=O)Nc1ccc(OC(F)F)c(Cl)c1)C(C)C. The van der Waals surface area contributed by atoms with Gasteiger partial charge in [-0.25, -0.2) is 4.79 Å². The van der Waals surface area contributed by atoms with Crippen LogP contribution in [0.4, 0.5) is 14.5 Å². The molecule has 0 aromatic heterocycles. The number of carbonyl (C=O) groups is 3. The van der Waals surface area contributed by atoms with Crippen molar-refractivity contribution in [1.82, 2.24) is 5.32 Å². The van der Waals surface area contributed by atoms with Gasteiger partial charge in [0.2, 0.25) is 0 Å². The van der Waals surface area contributed by atoms with Crippen LogP contribution in [0.25, 0.3) is 0 Å². The number of carbonyl (C=O) groups excluding carboxylic acids is 3. The lowest BCUT2D eigenvalue weighted by molar-refractivity contribution is -0.150. The Bertz CT molecular complexity index is 1020. The predicted octanol–water partition coefficient (Wildman–Crippen LogP) is 4.28. The molecule has 0 heterocycles. The molecule has 8 nitrogen and oxygen atoms in total. The second kappa shape index (κ2) is 12.7. The number of benzene rings is 2. The second-order valence-electron chi connectivity index (χ2n) is 7.30. The molecule has 0 aliphatic heterocycles. The van der Waals surface area contributed by atoms with Crippen LogP contribution < -0.4 is 20.1 Å². The quantitative estimate of drug-likeness (QED) is 0.448. The lowest BCUT2D eigenvalue weighted by Crippen LogP contribution is -2.46. The summed E-state index contributed by atoms with van der Waals surface area (Å²) in [5.41, 5.74) is 0.450. The maximum atomic E-state index is 12.7. The van der Waals surface area contributed by atoms with Crippen molar-refractivity contribution < 1.29 is 37.4 Å². The number of para-hydroxylation sites is 1. The highest BCUT2D eigenvalue weighted by atomic mass is 35.5. The Morgan fingerprint density at radius 1 is 1.06 bits per heavy atom. The first-order valence-electron chi connectivity index (χ1n) is 10.4. The fraction of sp³-hybridized carbons (Fsp3) is 0.348. The molecule has 1 atom stereocenters. The van der Waals surface area contributed by atoms with E-state index in [-0.39, 0.29) is 27.9 Å². The van der Waals surface area contributed by atoms with E-state index >= 15 is 0 Å². The van der Waals surface area contributed by atoms with Crippen molar-refractivity contribution in [3.05, 3.63) is 53.1 Å². The van der Waals surface area contributed by atoms with Crippen molar-refractivity contribution in [1.29, 1.82) is 0 Å². The molecule has 0 aliphatic carbocycles. The molecule has 2 N–H and O–H groups in total. The number of alkyl halides is 2. The van der Waals surface area contributed by atoms with Crippen LogP contribution in [-0.4, -0.2) is 43.7 Å². The predicted molar refractivity (Wildman–Crippen MR) is 121 cm³/mol. The average molecular weight is 499 g/mol. The zero-order chi connectivity index (χ0) is 25.3. The van der Waals surface area contributed by atoms with E-state index in [0.29, 0.717) is 12.4 Å². The van der Waals surface area contributed by atoms with E-state index in [1.54, 1.807) is 45.0 Å². The van der Waals surface area contributed by atoms with Gasteiger partial charge in [0, 0.05) is 5.69 Å². The minimum Gasteiger partial charge on any atom is -0.493 e. The lowest BCUT2D eigenvalue weighted by Gasteiger charge is -2.21. The number of amides is 2. The summed E-state index contributed by atoms with van der Waals surface area (Å²) < 4.78 is 39.4. The van der Waals surface area contributed by atoms with Crippen LogP contribution >= 0.6 is 11.6 Å². The van der Waals surface area contributed by atoms with E-state index in [1.807, 2.05) is 0 Å². The van der Waals surface area contributed by atoms with E-state index in [9.17, 15) is 23.2 Å². The van der Waals surface area contributed by atoms with Crippen molar-refractivity contribution in [2.75, 3.05) is 18.5 Å². The summed E-state index contributed by atoms with van der Waals surface area (Å²) in [6.45, 7) is 1.90. The first kappa shape index (κ1) is 26.8. The molecule has 0 bridgehead atoms. The standard InChI is InChI=1S/C23H25ClF2N2O6/c1-4-32-17-8-6-5-7-15(17)21(30)28-20(13(2)3)22(31)33-12-19(29)27-14-9-10-18(16(24)11-14)34-23(25)26/h5-11,13,20,23H,4,12H2,1-3H3,(H,27,29)(H,28,30)/t20-/m0/s1. The number of ether oxygens (including phenoxy) is 3. The van der Waals surface area contributed by atoms with Crippen LogP contribution in [0.2, 0.25) is 5.02 Å². The van der Waals surface area contributed by atoms with Crippen molar-refractivity contribution in [3.8, 4) is 11.5 Å². The zero-order valence-corrected chi connectivity index (χ0v) is 19.5. The average Bonchev–Trinajstić information content (AvgIpc) is 2.77. The fourth-order valence-electron chi connectivity index (χ4n) is 2.85. The molecule has 11 heteroatoms. The summed E-state index contributed by atoms with van der Waals surface area (Å²) >= 11 is 5.85.